The number of terminal acetylenes is 1. The van der Waals surface area contributed by atoms with Crippen LogP contribution >= 0.6 is 11.8 Å². The van der Waals surface area contributed by atoms with Gasteiger partial charge in [-0.2, -0.15) is 0 Å². The number of imide groups is 1. The molecule has 0 bridgehead atoms. The molecule has 1 saturated heterocycles. The average Bonchev–Trinajstić information content (AvgIpc) is 2.11. The van der Waals surface area contributed by atoms with Crippen LogP contribution in [0.1, 0.15) is 13.3 Å². The van der Waals surface area contributed by atoms with Crippen molar-refractivity contribution >= 4 is 23.6 Å². The molecule has 0 aromatic rings. The van der Waals surface area contributed by atoms with Crippen LogP contribution in [0.25, 0.3) is 0 Å². The molecular formula is C9H11NO2S. The molecule has 1 aliphatic rings. The van der Waals surface area contributed by atoms with Gasteiger partial charge in [0.2, 0.25) is 11.8 Å². The summed E-state index contributed by atoms with van der Waals surface area (Å²) >= 11 is 1.34. The third kappa shape index (κ3) is 2.04. The second kappa shape index (κ2) is 4.33. The Bertz CT molecular complexity index is 253. The third-order valence-electron chi connectivity index (χ3n) is 1.88. The summed E-state index contributed by atoms with van der Waals surface area (Å²) in [7, 11) is 0. The molecule has 0 spiro atoms. The summed E-state index contributed by atoms with van der Waals surface area (Å²) < 4.78 is 0. The second-order valence-electron chi connectivity index (χ2n) is 2.74. The highest BCUT2D eigenvalue weighted by Gasteiger charge is 2.30. The maximum absolute atomic E-state index is 11.4. The Labute approximate surface area is 81.9 Å². The molecular weight excluding hydrogens is 186 g/mol. The maximum atomic E-state index is 11.4. The van der Waals surface area contributed by atoms with Crippen molar-refractivity contribution in [2.75, 3.05) is 11.5 Å². The average molecular weight is 197 g/mol. The summed E-state index contributed by atoms with van der Waals surface area (Å²) in [5.74, 6) is 2.87. The fourth-order valence-electron chi connectivity index (χ4n) is 1.23. The number of rotatable bonds is 2. The van der Waals surface area contributed by atoms with Gasteiger partial charge in [0, 0.05) is 0 Å². The van der Waals surface area contributed by atoms with E-state index in [1.54, 1.807) is 0 Å². The first kappa shape index (κ1) is 10.1. The first-order valence-corrected chi connectivity index (χ1v) is 5.25. The zero-order chi connectivity index (χ0) is 9.84. The lowest BCUT2D eigenvalue weighted by Crippen LogP contribution is -2.48. The quantitative estimate of drug-likeness (QED) is 0.478. The molecule has 13 heavy (non-hydrogen) atoms. The Kier molecular flexibility index (Phi) is 3.38. The Morgan fingerprint density at radius 1 is 1.54 bits per heavy atom. The highest BCUT2D eigenvalue weighted by atomic mass is 32.2. The predicted molar refractivity (Wildman–Crippen MR) is 52.1 cm³/mol. The number of nitrogens with zero attached hydrogens (tertiary/aromatic N) is 1. The van der Waals surface area contributed by atoms with E-state index < -0.39 is 0 Å². The lowest BCUT2D eigenvalue weighted by molar-refractivity contribution is -0.143. The van der Waals surface area contributed by atoms with Gasteiger partial charge in [-0.05, 0) is 6.42 Å². The number of thioether (sulfide) groups is 1. The summed E-state index contributed by atoms with van der Waals surface area (Å²) in [5, 5.41) is 0. The molecule has 2 amide bonds. The lowest BCUT2D eigenvalue weighted by atomic mass is 10.2. The van der Waals surface area contributed by atoms with Crippen LogP contribution in [0.15, 0.2) is 0 Å². The van der Waals surface area contributed by atoms with Gasteiger partial charge in [0.05, 0.1) is 11.5 Å². The van der Waals surface area contributed by atoms with Crippen molar-refractivity contribution in [3.63, 3.8) is 0 Å². The minimum atomic E-state index is -0.360. The van der Waals surface area contributed by atoms with E-state index in [-0.39, 0.29) is 17.9 Å². The minimum absolute atomic E-state index is 0.161. The van der Waals surface area contributed by atoms with E-state index in [1.807, 2.05) is 6.92 Å². The zero-order valence-electron chi connectivity index (χ0n) is 7.45. The minimum Gasteiger partial charge on any atom is -0.273 e. The van der Waals surface area contributed by atoms with Gasteiger partial charge in [0.1, 0.15) is 6.04 Å². The van der Waals surface area contributed by atoms with Crippen molar-refractivity contribution in [2.45, 2.75) is 19.4 Å². The normalized spacial score (nSPS) is 19.8. The van der Waals surface area contributed by atoms with Crippen molar-refractivity contribution in [1.29, 1.82) is 0 Å². The highest BCUT2D eigenvalue weighted by Crippen LogP contribution is 2.16. The van der Waals surface area contributed by atoms with Gasteiger partial charge in [0.15, 0.2) is 0 Å². The van der Waals surface area contributed by atoms with Crippen LogP contribution in [0.5, 0.6) is 0 Å². The Morgan fingerprint density at radius 2 is 2.08 bits per heavy atom. The van der Waals surface area contributed by atoms with Crippen LogP contribution in [0, 0.1) is 12.3 Å². The van der Waals surface area contributed by atoms with Crippen molar-refractivity contribution in [1.82, 2.24) is 4.90 Å². The van der Waals surface area contributed by atoms with Crippen molar-refractivity contribution in [2.24, 2.45) is 0 Å². The number of hydrogen-bond acceptors (Lipinski definition) is 3. The maximum Gasteiger partial charge on any atom is 0.240 e. The molecule has 0 aromatic heterocycles. The zero-order valence-corrected chi connectivity index (χ0v) is 8.26. The Balaban J connectivity index is 2.80. The number of hydrogen-bond donors (Lipinski definition) is 0. The summed E-state index contributed by atoms with van der Waals surface area (Å²) in [6.45, 7) is 1.87. The van der Waals surface area contributed by atoms with E-state index in [4.69, 9.17) is 6.42 Å². The molecule has 0 saturated carbocycles. The van der Waals surface area contributed by atoms with E-state index in [2.05, 4.69) is 5.92 Å². The topological polar surface area (TPSA) is 37.4 Å². The van der Waals surface area contributed by atoms with E-state index in [0.717, 1.165) is 0 Å². The van der Waals surface area contributed by atoms with Gasteiger partial charge >= 0.3 is 0 Å². The van der Waals surface area contributed by atoms with Crippen molar-refractivity contribution in [3.05, 3.63) is 0 Å². The molecule has 3 nitrogen and oxygen atoms in total. The molecule has 1 aliphatic heterocycles. The largest absolute Gasteiger partial charge is 0.273 e. The SMILES string of the molecule is C#CC(CC)N1C(=O)CSCC1=O. The third-order valence-corrected chi connectivity index (χ3v) is 2.78. The van der Waals surface area contributed by atoms with Gasteiger partial charge in [-0.25, -0.2) is 0 Å². The van der Waals surface area contributed by atoms with E-state index in [0.29, 0.717) is 17.9 Å². The molecule has 1 unspecified atom stereocenters. The van der Waals surface area contributed by atoms with Gasteiger partial charge in [-0.3, -0.25) is 14.5 Å². The van der Waals surface area contributed by atoms with E-state index >= 15 is 0 Å². The van der Waals surface area contributed by atoms with Gasteiger partial charge in [-0.15, -0.1) is 18.2 Å². The van der Waals surface area contributed by atoms with Gasteiger partial charge < -0.3 is 0 Å². The number of amides is 2. The molecule has 70 valence electrons. The smallest absolute Gasteiger partial charge is 0.240 e. The molecule has 1 atom stereocenters. The fraction of sp³-hybridized carbons (Fsp3) is 0.556. The highest BCUT2D eigenvalue weighted by molar-refractivity contribution is 8.00. The number of carbonyl (C=O) groups is 2. The summed E-state index contributed by atoms with van der Waals surface area (Å²) in [6, 6.07) is -0.360. The summed E-state index contributed by atoms with van der Waals surface area (Å²) in [5.41, 5.74) is 0. The summed E-state index contributed by atoms with van der Waals surface area (Å²) in [4.78, 5) is 23.9. The van der Waals surface area contributed by atoms with Crippen LogP contribution in [0.3, 0.4) is 0 Å². The van der Waals surface area contributed by atoms with E-state index in [9.17, 15) is 9.59 Å². The molecule has 1 rings (SSSR count). The van der Waals surface area contributed by atoms with Crippen molar-refractivity contribution in [3.8, 4) is 12.3 Å². The second-order valence-corrected chi connectivity index (χ2v) is 3.73. The molecule has 1 heterocycles. The van der Waals surface area contributed by atoms with Crippen LogP contribution < -0.4 is 0 Å². The standard InChI is InChI=1S/C9H11NO2S/c1-3-7(4-2)10-8(11)5-13-6-9(10)12/h1,7H,4-6H2,2H3. The molecule has 0 aliphatic carbocycles. The van der Waals surface area contributed by atoms with Gasteiger partial charge in [0.25, 0.3) is 0 Å². The molecule has 1 fully saturated rings. The monoisotopic (exact) mass is 197 g/mol. The fourth-order valence-corrected chi connectivity index (χ4v) is 1.96. The van der Waals surface area contributed by atoms with Crippen molar-refractivity contribution < 1.29 is 9.59 Å². The molecule has 0 radical (unpaired) electrons. The first-order valence-electron chi connectivity index (χ1n) is 4.09. The van der Waals surface area contributed by atoms with Gasteiger partial charge in [-0.1, -0.05) is 12.8 Å². The Morgan fingerprint density at radius 3 is 2.46 bits per heavy atom. The Hall–Kier alpha value is -0.950. The molecule has 4 heteroatoms. The number of carbonyl (C=O) groups excluding carboxylic acids is 2. The van der Waals surface area contributed by atoms with E-state index in [1.165, 1.54) is 16.7 Å². The van der Waals surface area contributed by atoms with Crippen LogP contribution in [0.4, 0.5) is 0 Å². The van der Waals surface area contributed by atoms with Crippen LogP contribution in [0.2, 0.25) is 0 Å². The summed E-state index contributed by atoms with van der Waals surface area (Å²) in [6.07, 6.45) is 5.86. The van der Waals surface area contributed by atoms with Crippen LogP contribution in [-0.4, -0.2) is 34.3 Å². The predicted octanol–water partition coefficient (Wildman–Crippen LogP) is 0.500. The van der Waals surface area contributed by atoms with Crippen LogP contribution in [-0.2, 0) is 9.59 Å². The first-order chi connectivity index (χ1) is 6.20. The lowest BCUT2D eigenvalue weighted by Gasteiger charge is -2.28. The molecule has 0 N–H and O–H groups in total. The molecule has 0 aromatic carbocycles.